The van der Waals surface area contributed by atoms with Crippen molar-refractivity contribution in [1.29, 1.82) is 0 Å². The number of rotatable bonds is 9. The van der Waals surface area contributed by atoms with Crippen LogP contribution in [0.5, 0.6) is 0 Å². The molecule has 4 nitrogen and oxygen atoms in total. The molecule has 4 heteroatoms. The van der Waals surface area contributed by atoms with E-state index < -0.39 is 0 Å². The predicted octanol–water partition coefficient (Wildman–Crippen LogP) is 16.3. The molecule has 12 aromatic rings. The predicted molar refractivity (Wildman–Crippen MR) is 277 cm³/mol. The van der Waals surface area contributed by atoms with Crippen LogP contribution in [0.3, 0.4) is 0 Å². The van der Waals surface area contributed by atoms with Crippen molar-refractivity contribution in [3.8, 4) is 101 Å². The van der Waals surface area contributed by atoms with Crippen LogP contribution in [0.25, 0.3) is 117 Å². The number of aromatic nitrogens is 4. The van der Waals surface area contributed by atoms with Gasteiger partial charge in [-0.15, -0.1) is 0 Å². The average Bonchev–Trinajstić information content (AvgIpc) is 3.83. The summed E-state index contributed by atoms with van der Waals surface area (Å²) in [5.41, 5.74) is 19.3. The van der Waals surface area contributed by atoms with Gasteiger partial charge in [0.1, 0.15) is 5.69 Å². The van der Waals surface area contributed by atoms with Gasteiger partial charge in [-0.05, 0) is 44.8 Å². The van der Waals surface area contributed by atoms with Gasteiger partial charge in [-0.1, -0.05) is 249 Å². The van der Waals surface area contributed by atoms with E-state index in [0.717, 1.165) is 106 Å². The molecule has 0 aliphatic heterocycles. The van der Waals surface area contributed by atoms with Crippen LogP contribution >= 0.6 is 0 Å². The average molecular weight is 855 g/mol. The molecule has 0 amide bonds. The first-order chi connectivity index (χ1) is 33.2. The van der Waals surface area contributed by atoms with Crippen molar-refractivity contribution < 1.29 is 0 Å². The molecule has 0 N–H and O–H groups in total. The third-order valence-corrected chi connectivity index (χ3v) is 12.7. The summed E-state index contributed by atoms with van der Waals surface area (Å²) >= 11 is 0. The van der Waals surface area contributed by atoms with E-state index in [-0.39, 0.29) is 0 Å². The van der Waals surface area contributed by atoms with Gasteiger partial charge in [0.25, 0.3) is 0 Å². The normalized spacial score (nSPS) is 11.3. The molecule has 0 radical (unpaired) electrons. The molecular weight excluding hydrogens is 813 g/mol. The van der Waals surface area contributed by atoms with E-state index >= 15 is 0 Å². The van der Waals surface area contributed by atoms with E-state index in [4.69, 9.17) is 15.1 Å². The largest absolute Gasteiger partial charge is 0.231 e. The van der Waals surface area contributed by atoms with E-state index in [1.165, 1.54) is 5.39 Å². The highest BCUT2D eigenvalue weighted by molar-refractivity contribution is 6.15. The molecule has 3 aromatic heterocycles. The number of pyridine rings is 1. The second-order valence-corrected chi connectivity index (χ2v) is 16.8. The van der Waals surface area contributed by atoms with Crippen molar-refractivity contribution >= 4 is 16.3 Å². The fourth-order valence-electron chi connectivity index (χ4n) is 9.39. The first kappa shape index (κ1) is 39.6. The standard InChI is InChI=1S/C63H42N4/c1-6-18-47(19-7-1)56-42-57(65-63(64-56)53-26-14-5-15-27-53)48-38-34-45(35-39-48)43-30-32-44(33-31-43)46-36-40-50(41-37-46)58-54-28-16-17-29-55(54)62-59(49-20-8-2-9-21-49)60(51-22-10-3-11-23-51)66-67(62)61(58)52-24-12-4-13-25-52/h1-42H. The maximum absolute atomic E-state index is 5.53. The lowest BCUT2D eigenvalue weighted by molar-refractivity contribution is 0.981. The molecule has 0 saturated heterocycles. The van der Waals surface area contributed by atoms with Gasteiger partial charge in [-0.25, -0.2) is 14.5 Å². The molecule has 0 unspecified atom stereocenters. The molecule has 12 rings (SSSR count). The Balaban J connectivity index is 0.903. The van der Waals surface area contributed by atoms with E-state index in [0.29, 0.717) is 5.82 Å². The van der Waals surface area contributed by atoms with Crippen LogP contribution in [0.2, 0.25) is 0 Å². The van der Waals surface area contributed by atoms with Gasteiger partial charge in [-0.3, -0.25) is 0 Å². The molecular formula is C63H42N4. The number of hydrogen-bond acceptors (Lipinski definition) is 3. The summed E-state index contributed by atoms with van der Waals surface area (Å²) in [5.74, 6) is 0.712. The minimum atomic E-state index is 0.712. The summed E-state index contributed by atoms with van der Waals surface area (Å²) in [6, 6.07) is 89.9. The Labute approximate surface area is 389 Å². The van der Waals surface area contributed by atoms with Gasteiger partial charge < -0.3 is 0 Å². The molecule has 0 fully saturated rings. The van der Waals surface area contributed by atoms with E-state index in [9.17, 15) is 0 Å². The monoisotopic (exact) mass is 854 g/mol. The molecule has 0 aliphatic rings. The fraction of sp³-hybridized carbons (Fsp3) is 0. The number of fused-ring (bicyclic) bond motifs is 3. The molecule has 3 heterocycles. The number of nitrogens with zero attached hydrogens (tertiary/aromatic N) is 4. The zero-order valence-electron chi connectivity index (χ0n) is 36.5. The Morgan fingerprint density at radius 1 is 0.269 bits per heavy atom. The number of hydrogen-bond donors (Lipinski definition) is 0. The Bertz CT molecular complexity index is 3610. The van der Waals surface area contributed by atoms with Crippen LogP contribution in [0.4, 0.5) is 0 Å². The van der Waals surface area contributed by atoms with Crippen molar-refractivity contribution in [3.05, 3.63) is 255 Å². The number of benzene rings is 9. The minimum Gasteiger partial charge on any atom is -0.231 e. The van der Waals surface area contributed by atoms with E-state index in [1.54, 1.807) is 0 Å². The third kappa shape index (κ3) is 7.47. The van der Waals surface area contributed by atoms with Crippen LogP contribution in [-0.4, -0.2) is 19.6 Å². The summed E-state index contributed by atoms with van der Waals surface area (Å²) in [6.07, 6.45) is 0. The zero-order valence-corrected chi connectivity index (χ0v) is 36.5. The van der Waals surface area contributed by atoms with Gasteiger partial charge in [0, 0.05) is 44.3 Å². The highest BCUT2D eigenvalue weighted by Crippen LogP contribution is 2.46. The maximum atomic E-state index is 5.53. The molecule has 67 heavy (non-hydrogen) atoms. The van der Waals surface area contributed by atoms with Gasteiger partial charge >= 0.3 is 0 Å². The molecule has 0 saturated carbocycles. The molecule has 314 valence electrons. The maximum Gasteiger partial charge on any atom is 0.160 e. The summed E-state index contributed by atoms with van der Waals surface area (Å²) < 4.78 is 2.20. The zero-order chi connectivity index (χ0) is 44.5. The third-order valence-electron chi connectivity index (χ3n) is 12.7. The topological polar surface area (TPSA) is 43.1 Å². The first-order valence-corrected chi connectivity index (χ1v) is 22.7. The fourth-order valence-corrected chi connectivity index (χ4v) is 9.39. The minimum absolute atomic E-state index is 0.712. The molecule has 0 aliphatic carbocycles. The van der Waals surface area contributed by atoms with Crippen LogP contribution in [0.1, 0.15) is 0 Å². The second kappa shape index (κ2) is 17.2. The lowest BCUT2D eigenvalue weighted by Crippen LogP contribution is -2.00. The van der Waals surface area contributed by atoms with Crippen molar-refractivity contribution in [2.75, 3.05) is 0 Å². The van der Waals surface area contributed by atoms with Gasteiger partial charge in [0.2, 0.25) is 0 Å². The lowest BCUT2D eigenvalue weighted by Gasteiger charge is -2.18. The van der Waals surface area contributed by atoms with Gasteiger partial charge in [-0.2, -0.15) is 5.10 Å². The van der Waals surface area contributed by atoms with Crippen LogP contribution in [-0.2, 0) is 0 Å². The van der Waals surface area contributed by atoms with Gasteiger partial charge in [0.05, 0.1) is 22.6 Å². The van der Waals surface area contributed by atoms with Crippen LogP contribution < -0.4 is 0 Å². The smallest absolute Gasteiger partial charge is 0.160 e. The SMILES string of the molecule is c1ccc(-c2cc(-c3ccc(-c4ccc(-c5ccc(-c6c(-c7ccccc7)n7nc(-c8ccccc8)c(-c8ccccc8)c7c7ccccc67)cc5)cc4)cc3)nc(-c3ccccc3)n2)cc1. The Morgan fingerprint density at radius 3 is 1.13 bits per heavy atom. The Morgan fingerprint density at radius 2 is 0.627 bits per heavy atom. The summed E-state index contributed by atoms with van der Waals surface area (Å²) in [7, 11) is 0. The first-order valence-electron chi connectivity index (χ1n) is 22.7. The molecule has 0 bridgehead atoms. The van der Waals surface area contributed by atoms with Crippen LogP contribution in [0, 0.1) is 0 Å². The molecule has 9 aromatic carbocycles. The highest BCUT2D eigenvalue weighted by atomic mass is 15.2. The second-order valence-electron chi connectivity index (χ2n) is 16.8. The quantitative estimate of drug-likeness (QED) is 0.145. The van der Waals surface area contributed by atoms with Gasteiger partial charge in [0.15, 0.2) is 5.82 Å². The lowest BCUT2D eigenvalue weighted by atomic mass is 9.90. The van der Waals surface area contributed by atoms with Crippen molar-refractivity contribution in [1.82, 2.24) is 19.6 Å². The highest BCUT2D eigenvalue weighted by Gasteiger charge is 2.25. The Kier molecular flexibility index (Phi) is 10.2. The molecule has 0 atom stereocenters. The van der Waals surface area contributed by atoms with E-state index in [1.807, 2.05) is 36.4 Å². The summed E-state index contributed by atoms with van der Waals surface area (Å²) in [6.45, 7) is 0. The molecule has 0 spiro atoms. The van der Waals surface area contributed by atoms with Crippen LogP contribution in [0.15, 0.2) is 255 Å². The summed E-state index contributed by atoms with van der Waals surface area (Å²) in [5, 5.41) is 7.87. The van der Waals surface area contributed by atoms with E-state index in [2.05, 4.69) is 223 Å². The Hall–Kier alpha value is -8.99. The van der Waals surface area contributed by atoms with Crippen molar-refractivity contribution in [2.24, 2.45) is 0 Å². The van der Waals surface area contributed by atoms with Crippen molar-refractivity contribution in [2.45, 2.75) is 0 Å². The van der Waals surface area contributed by atoms with Crippen molar-refractivity contribution in [3.63, 3.8) is 0 Å². The summed E-state index contributed by atoms with van der Waals surface area (Å²) in [4.78, 5) is 10.00.